The van der Waals surface area contributed by atoms with E-state index in [4.69, 9.17) is 5.73 Å². The molecular weight excluding hydrogens is 266 g/mol. The molecule has 112 valence electrons. The molecule has 6 heteroatoms. The van der Waals surface area contributed by atoms with Crippen molar-refractivity contribution < 1.29 is 4.79 Å². The third-order valence-electron chi connectivity index (χ3n) is 3.22. The number of nitrogens with one attached hydrogen (secondary N) is 1. The maximum absolute atomic E-state index is 12.2. The van der Waals surface area contributed by atoms with Crippen molar-refractivity contribution in [2.24, 2.45) is 5.92 Å². The molecule has 0 aliphatic rings. The van der Waals surface area contributed by atoms with Gasteiger partial charge in [-0.1, -0.05) is 13.8 Å². The molecule has 0 aromatic carbocycles. The number of pyridine rings is 1. The maximum Gasteiger partial charge on any atom is 0.242 e. The second-order valence-corrected chi connectivity index (χ2v) is 5.47. The summed E-state index contributed by atoms with van der Waals surface area (Å²) in [5.74, 6) is 0.838. The van der Waals surface area contributed by atoms with Gasteiger partial charge in [0, 0.05) is 18.3 Å². The summed E-state index contributed by atoms with van der Waals surface area (Å²) in [6.07, 6.45) is 5.03. The van der Waals surface area contributed by atoms with Crippen molar-refractivity contribution in [2.45, 2.75) is 26.8 Å². The Balaban J connectivity index is 2.22. The van der Waals surface area contributed by atoms with Crippen molar-refractivity contribution in [3.05, 3.63) is 30.9 Å². The van der Waals surface area contributed by atoms with Crippen molar-refractivity contribution in [3.8, 4) is 11.3 Å². The molecule has 6 nitrogen and oxygen atoms in total. The average molecular weight is 287 g/mol. The van der Waals surface area contributed by atoms with Crippen LogP contribution in [0, 0.1) is 5.92 Å². The standard InChI is InChI=1S/C15H21N5O/c1-10(2)7-19-15(21)11(3)20-9-17-8-13(20)12-4-5-18-14(16)6-12/h4-6,8-11H,7H2,1-3H3,(H2,16,18)(H,19,21). The molecule has 0 spiro atoms. The fraction of sp³-hybridized carbons (Fsp3) is 0.400. The zero-order valence-corrected chi connectivity index (χ0v) is 12.6. The lowest BCUT2D eigenvalue weighted by molar-refractivity contribution is -0.124. The summed E-state index contributed by atoms with van der Waals surface area (Å²) in [6, 6.07) is 3.28. The van der Waals surface area contributed by atoms with Gasteiger partial charge in [0.25, 0.3) is 0 Å². The highest BCUT2D eigenvalue weighted by molar-refractivity contribution is 5.80. The lowest BCUT2D eigenvalue weighted by Gasteiger charge is -2.17. The molecule has 0 saturated carbocycles. The predicted octanol–water partition coefficient (Wildman–Crippen LogP) is 1.86. The van der Waals surface area contributed by atoms with E-state index in [2.05, 4.69) is 29.1 Å². The van der Waals surface area contributed by atoms with E-state index in [0.29, 0.717) is 18.3 Å². The average Bonchev–Trinajstić information content (AvgIpc) is 2.93. The first-order chi connectivity index (χ1) is 9.99. The molecule has 2 aromatic heterocycles. The van der Waals surface area contributed by atoms with E-state index in [-0.39, 0.29) is 11.9 Å². The van der Waals surface area contributed by atoms with Crippen LogP contribution in [-0.4, -0.2) is 27.0 Å². The number of hydrogen-bond acceptors (Lipinski definition) is 4. The lowest BCUT2D eigenvalue weighted by atomic mass is 10.1. The molecule has 0 fully saturated rings. The Kier molecular flexibility index (Phi) is 4.57. The van der Waals surface area contributed by atoms with Gasteiger partial charge in [-0.3, -0.25) is 4.79 Å². The van der Waals surface area contributed by atoms with Crippen molar-refractivity contribution in [1.82, 2.24) is 19.9 Å². The number of nitrogens with zero attached hydrogens (tertiary/aromatic N) is 3. The van der Waals surface area contributed by atoms with E-state index in [0.717, 1.165) is 11.3 Å². The van der Waals surface area contributed by atoms with Crippen molar-refractivity contribution in [3.63, 3.8) is 0 Å². The van der Waals surface area contributed by atoms with Crippen LogP contribution in [0.4, 0.5) is 5.82 Å². The number of anilines is 1. The molecule has 21 heavy (non-hydrogen) atoms. The first-order valence-electron chi connectivity index (χ1n) is 7.00. The van der Waals surface area contributed by atoms with E-state index in [1.54, 1.807) is 24.8 Å². The molecule has 2 rings (SSSR count). The van der Waals surface area contributed by atoms with Gasteiger partial charge >= 0.3 is 0 Å². The van der Waals surface area contributed by atoms with Gasteiger partial charge in [-0.2, -0.15) is 0 Å². The minimum Gasteiger partial charge on any atom is -0.384 e. The highest BCUT2D eigenvalue weighted by atomic mass is 16.2. The first kappa shape index (κ1) is 15.0. The fourth-order valence-corrected chi connectivity index (χ4v) is 2.02. The summed E-state index contributed by atoms with van der Waals surface area (Å²) in [7, 11) is 0. The molecule has 1 atom stereocenters. The zero-order chi connectivity index (χ0) is 15.4. The van der Waals surface area contributed by atoms with E-state index in [1.165, 1.54) is 0 Å². The summed E-state index contributed by atoms with van der Waals surface area (Å²) in [5, 5.41) is 2.94. The van der Waals surface area contributed by atoms with Crippen LogP contribution < -0.4 is 11.1 Å². The number of carbonyl (C=O) groups excluding carboxylic acids is 1. The summed E-state index contributed by atoms with van der Waals surface area (Å²) in [5.41, 5.74) is 7.45. The maximum atomic E-state index is 12.2. The molecule has 2 aromatic rings. The number of carbonyl (C=O) groups is 1. The van der Waals surface area contributed by atoms with E-state index >= 15 is 0 Å². The minimum absolute atomic E-state index is 0.0232. The topological polar surface area (TPSA) is 85.8 Å². The van der Waals surface area contributed by atoms with Crippen LogP contribution in [0.1, 0.15) is 26.8 Å². The smallest absolute Gasteiger partial charge is 0.242 e. The van der Waals surface area contributed by atoms with Crippen molar-refractivity contribution in [1.29, 1.82) is 0 Å². The highest BCUT2D eigenvalue weighted by Crippen LogP contribution is 2.23. The lowest BCUT2D eigenvalue weighted by Crippen LogP contribution is -2.33. The van der Waals surface area contributed by atoms with Gasteiger partial charge in [0.2, 0.25) is 5.91 Å². The second-order valence-electron chi connectivity index (χ2n) is 5.47. The number of rotatable bonds is 5. The SMILES string of the molecule is CC(C)CNC(=O)C(C)n1cncc1-c1ccnc(N)c1. The zero-order valence-electron chi connectivity index (χ0n) is 12.6. The Bertz CT molecular complexity index is 620. The number of nitrogen functional groups attached to an aromatic ring is 1. The van der Waals surface area contributed by atoms with Crippen LogP contribution in [0.3, 0.4) is 0 Å². The third-order valence-corrected chi connectivity index (χ3v) is 3.22. The van der Waals surface area contributed by atoms with Gasteiger partial charge in [-0.25, -0.2) is 9.97 Å². The summed E-state index contributed by atoms with van der Waals surface area (Å²) in [4.78, 5) is 20.3. The van der Waals surface area contributed by atoms with Gasteiger partial charge in [0.15, 0.2) is 0 Å². The third kappa shape index (κ3) is 3.59. The number of amides is 1. The molecule has 2 heterocycles. The Hall–Kier alpha value is -2.37. The fourth-order valence-electron chi connectivity index (χ4n) is 2.02. The first-order valence-corrected chi connectivity index (χ1v) is 7.00. The van der Waals surface area contributed by atoms with Crippen LogP contribution in [0.2, 0.25) is 0 Å². The van der Waals surface area contributed by atoms with Crippen LogP contribution >= 0.6 is 0 Å². The molecule has 1 unspecified atom stereocenters. The molecule has 0 saturated heterocycles. The summed E-state index contributed by atoms with van der Waals surface area (Å²) >= 11 is 0. The molecule has 0 bridgehead atoms. The van der Waals surface area contributed by atoms with Crippen molar-refractivity contribution in [2.75, 3.05) is 12.3 Å². The number of aromatic nitrogens is 3. The molecule has 0 aliphatic heterocycles. The number of hydrogen-bond donors (Lipinski definition) is 2. The Morgan fingerprint density at radius 3 is 2.86 bits per heavy atom. The van der Waals surface area contributed by atoms with Crippen LogP contribution in [0.25, 0.3) is 11.3 Å². The second kappa shape index (κ2) is 6.39. The number of imidazole rings is 1. The quantitative estimate of drug-likeness (QED) is 0.879. The largest absolute Gasteiger partial charge is 0.384 e. The predicted molar refractivity (Wildman–Crippen MR) is 82.4 cm³/mol. The van der Waals surface area contributed by atoms with Crippen LogP contribution in [0.15, 0.2) is 30.9 Å². The van der Waals surface area contributed by atoms with Gasteiger partial charge in [0.1, 0.15) is 11.9 Å². The van der Waals surface area contributed by atoms with Gasteiger partial charge < -0.3 is 15.6 Å². The number of nitrogens with two attached hydrogens (primary N) is 1. The highest BCUT2D eigenvalue weighted by Gasteiger charge is 2.18. The molecule has 1 amide bonds. The van der Waals surface area contributed by atoms with E-state index in [9.17, 15) is 4.79 Å². The molecule has 0 radical (unpaired) electrons. The molecule has 3 N–H and O–H groups in total. The van der Waals surface area contributed by atoms with E-state index < -0.39 is 0 Å². The summed E-state index contributed by atoms with van der Waals surface area (Å²) < 4.78 is 1.84. The molecule has 0 aliphatic carbocycles. The monoisotopic (exact) mass is 287 g/mol. The van der Waals surface area contributed by atoms with Gasteiger partial charge in [-0.15, -0.1) is 0 Å². The van der Waals surface area contributed by atoms with Crippen molar-refractivity contribution >= 4 is 11.7 Å². The Morgan fingerprint density at radius 1 is 1.43 bits per heavy atom. The van der Waals surface area contributed by atoms with E-state index in [1.807, 2.05) is 17.6 Å². The van der Waals surface area contributed by atoms with Gasteiger partial charge in [-0.05, 0) is 25.0 Å². The van der Waals surface area contributed by atoms with Crippen LogP contribution in [-0.2, 0) is 4.79 Å². The normalized spacial score (nSPS) is 12.4. The minimum atomic E-state index is -0.337. The molecular formula is C15H21N5O. The summed E-state index contributed by atoms with van der Waals surface area (Å²) in [6.45, 7) is 6.64. The van der Waals surface area contributed by atoms with Gasteiger partial charge in [0.05, 0.1) is 18.2 Å². The Morgan fingerprint density at radius 2 is 2.19 bits per heavy atom. The Labute approximate surface area is 124 Å². The van der Waals surface area contributed by atoms with Crippen LogP contribution in [0.5, 0.6) is 0 Å².